The van der Waals surface area contributed by atoms with Crippen molar-refractivity contribution in [1.82, 2.24) is 9.55 Å². The predicted molar refractivity (Wildman–Crippen MR) is 102 cm³/mol. The first-order valence-electron chi connectivity index (χ1n) is 8.06. The number of para-hydroxylation sites is 1. The molecule has 0 aliphatic heterocycles. The Morgan fingerprint density at radius 2 is 2.12 bits per heavy atom. The van der Waals surface area contributed by atoms with Gasteiger partial charge in [-0.3, -0.25) is 9.36 Å². The molecule has 3 rings (SSSR count). The first-order chi connectivity index (χ1) is 12.5. The second-order valence-corrected chi connectivity index (χ2v) is 6.89. The minimum atomic E-state index is -0.430. The molecule has 136 valence electrons. The summed E-state index contributed by atoms with van der Waals surface area (Å²) in [6, 6.07) is 7.15. The maximum atomic E-state index is 12.7. The highest BCUT2D eigenvalue weighted by atomic mass is 35.5. The van der Waals surface area contributed by atoms with Gasteiger partial charge in [-0.25, -0.2) is 9.78 Å². The van der Waals surface area contributed by atoms with Crippen LogP contribution in [0.3, 0.4) is 0 Å². The van der Waals surface area contributed by atoms with E-state index in [-0.39, 0.29) is 18.8 Å². The van der Waals surface area contributed by atoms with Crippen LogP contribution in [0.1, 0.15) is 22.2 Å². The molecule has 0 fully saturated rings. The minimum absolute atomic E-state index is 0.206. The quantitative estimate of drug-likeness (QED) is 0.598. The molecule has 0 saturated carbocycles. The summed E-state index contributed by atoms with van der Waals surface area (Å²) in [6.07, 6.45) is 1.46. The van der Waals surface area contributed by atoms with Crippen molar-refractivity contribution < 1.29 is 14.3 Å². The number of aromatic nitrogens is 2. The summed E-state index contributed by atoms with van der Waals surface area (Å²) in [6.45, 7) is 4.34. The summed E-state index contributed by atoms with van der Waals surface area (Å²) in [4.78, 5) is 30.0. The van der Waals surface area contributed by atoms with Crippen LogP contribution >= 0.6 is 22.9 Å². The van der Waals surface area contributed by atoms with Gasteiger partial charge in [-0.15, -0.1) is 11.3 Å². The van der Waals surface area contributed by atoms with E-state index >= 15 is 0 Å². The van der Waals surface area contributed by atoms with Crippen molar-refractivity contribution in [3.8, 4) is 5.75 Å². The molecule has 2 aromatic heterocycles. The molecule has 1 aromatic carbocycles. The Labute approximate surface area is 159 Å². The van der Waals surface area contributed by atoms with Crippen LogP contribution in [0.15, 0.2) is 35.4 Å². The van der Waals surface area contributed by atoms with Gasteiger partial charge in [0.25, 0.3) is 5.56 Å². The van der Waals surface area contributed by atoms with Crippen LogP contribution in [0.2, 0.25) is 5.02 Å². The lowest BCUT2D eigenvalue weighted by atomic mass is 10.2. The Kier molecular flexibility index (Phi) is 5.58. The Hall–Kier alpha value is -2.38. The average molecular weight is 393 g/mol. The highest BCUT2D eigenvalue weighted by Gasteiger charge is 2.20. The van der Waals surface area contributed by atoms with Gasteiger partial charge in [0, 0.05) is 0 Å². The van der Waals surface area contributed by atoms with Gasteiger partial charge in [0.15, 0.2) is 0 Å². The molecule has 3 aromatic rings. The van der Waals surface area contributed by atoms with E-state index in [0.29, 0.717) is 38.0 Å². The van der Waals surface area contributed by atoms with Crippen molar-refractivity contribution >= 4 is 39.1 Å². The van der Waals surface area contributed by atoms with Crippen molar-refractivity contribution in [2.75, 3.05) is 13.2 Å². The Bertz CT molecular complexity index is 1010. The smallest absolute Gasteiger partial charge is 0.348 e. The summed E-state index contributed by atoms with van der Waals surface area (Å²) < 4.78 is 12.1. The molecule has 0 aliphatic rings. The summed E-state index contributed by atoms with van der Waals surface area (Å²) in [5.74, 6) is 0.133. The monoisotopic (exact) mass is 392 g/mol. The molecule has 0 bridgehead atoms. The van der Waals surface area contributed by atoms with Crippen molar-refractivity contribution in [3.63, 3.8) is 0 Å². The minimum Gasteiger partial charge on any atom is -0.490 e. The lowest BCUT2D eigenvalue weighted by molar-refractivity contribution is 0.0531. The van der Waals surface area contributed by atoms with Crippen LogP contribution in [-0.4, -0.2) is 28.7 Å². The van der Waals surface area contributed by atoms with E-state index in [1.54, 1.807) is 26.0 Å². The van der Waals surface area contributed by atoms with Crippen molar-refractivity contribution in [2.45, 2.75) is 20.4 Å². The number of halogens is 1. The van der Waals surface area contributed by atoms with Crippen molar-refractivity contribution in [2.24, 2.45) is 0 Å². The fourth-order valence-corrected chi connectivity index (χ4v) is 3.75. The van der Waals surface area contributed by atoms with E-state index in [2.05, 4.69) is 4.98 Å². The molecule has 6 nitrogen and oxygen atoms in total. The summed E-state index contributed by atoms with van der Waals surface area (Å²) >= 11 is 7.22. The number of ether oxygens (including phenoxy) is 2. The molecule has 0 N–H and O–H groups in total. The second-order valence-electron chi connectivity index (χ2n) is 5.48. The maximum Gasteiger partial charge on any atom is 0.348 e. The number of carbonyl (C=O) groups is 1. The van der Waals surface area contributed by atoms with Gasteiger partial charge in [0.1, 0.15) is 22.1 Å². The standard InChI is InChI=1S/C18H17ClN2O4S/c1-3-24-18(23)15-11(2)14-16(26-15)20-10-21(17(14)22)8-9-25-13-7-5-4-6-12(13)19/h4-7,10H,3,8-9H2,1-2H3. The SMILES string of the molecule is CCOC(=O)c1sc2ncn(CCOc3ccccc3Cl)c(=O)c2c1C. The predicted octanol–water partition coefficient (Wildman–Crippen LogP) is 3.68. The number of esters is 1. The molecule has 8 heteroatoms. The van der Waals surface area contributed by atoms with Crippen LogP contribution < -0.4 is 10.3 Å². The largest absolute Gasteiger partial charge is 0.490 e. The van der Waals surface area contributed by atoms with Gasteiger partial charge in [0.2, 0.25) is 0 Å². The van der Waals surface area contributed by atoms with Gasteiger partial charge in [-0.2, -0.15) is 0 Å². The number of hydrogen-bond donors (Lipinski definition) is 0. The molecular formula is C18H17ClN2O4S. The fraction of sp³-hybridized carbons (Fsp3) is 0.278. The molecule has 0 atom stereocenters. The number of fused-ring (bicyclic) bond motifs is 1. The number of aryl methyl sites for hydroxylation is 1. The average Bonchev–Trinajstić information content (AvgIpc) is 2.96. The number of rotatable bonds is 6. The van der Waals surface area contributed by atoms with Gasteiger partial charge >= 0.3 is 5.97 Å². The lowest BCUT2D eigenvalue weighted by Gasteiger charge is -2.09. The molecule has 26 heavy (non-hydrogen) atoms. The van der Waals surface area contributed by atoms with Crippen LogP contribution in [0.25, 0.3) is 10.2 Å². The van der Waals surface area contributed by atoms with Gasteiger partial charge in [0.05, 0.1) is 29.9 Å². The van der Waals surface area contributed by atoms with Crippen molar-refractivity contribution in [1.29, 1.82) is 0 Å². The molecule has 0 saturated heterocycles. The first-order valence-corrected chi connectivity index (χ1v) is 9.25. The molecule has 0 radical (unpaired) electrons. The van der Waals surface area contributed by atoms with Crippen LogP contribution in [0.4, 0.5) is 0 Å². The summed E-state index contributed by atoms with van der Waals surface area (Å²) in [5.41, 5.74) is 0.393. The maximum absolute atomic E-state index is 12.7. The van der Waals surface area contributed by atoms with E-state index in [0.717, 1.165) is 0 Å². The lowest BCUT2D eigenvalue weighted by Crippen LogP contribution is -2.23. The van der Waals surface area contributed by atoms with Gasteiger partial charge in [-0.1, -0.05) is 23.7 Å². The van der Waals surface area contributed by atoms with E-state index in [9.17, 15) is 9.59 Å². The van der Waals surface area contributed by atoms with Crippen LogP contribution in [0.5, 0.6) is 5.75 Å². The number of carbonyl (C=O) groups excluding carboxylic acids is 1. The van der Waals surface area contributed by atoms with Crippen LogP contribution in [0, 0.1) is 6.92 Å². The molecule has 0 aliphatic carbocycles. The van der Waals surface area contributed by atoms with Gasteiger partial charge in [-0.05, 0) is 31.5 Å². The van der Waals surface area contributed by atoms with E-state index in [1.165, 1.54) is 22.2 Å². The highest BCUT2D eigenvalue weighted by Crippen LogP contribution is 2.27. The number of benzene rings is 1. The molecule has 2 heterocycles. The zero-order valence-electron chi connectivity index (χ0n) is 14.3. The van der Waals surface area contributed by atoms with Crippen LogP contribution in [-0.2, 0) is 11.3 Å². The molecule has 0 spiro atoms. The zero-order chi connectivity index (χ0) is 18.7. The van der Waals surface area contributed by atoms with E-state index < -0.39 is 5.97 Å². The third-order valence-corrected chi connectivity index (χ3v) is 5.30. The van der Waals surface area contributed by atoms with E-state index in [4.69, 9.17) is 21.1 Å². The second kappa shape index (κ2) is 7.88. The molecular weight excluding hydrogens is 376 g/mol. The third kappa shape index (κ3) is 3.59. The Morgan fingerprint density at radius 1 is 1.35 bits per heavy atom. The Balaban J connectivity index is 1.83. The molecule has 0 unspecified atom stereocenters. The normalized spacial score (nSPS) is 10.9. The zero-order valence-corrected chi connectivity index (χ0v) is 15.9. The van der Waals surface area contributed by atoms with Gasteiger partial charge < -0.3 is 9.47 Å². The highest BCUT2D eigenvalue weighted by molar-refractivity contribution is 7.20. The number of thiophene rings is 1. The first kappa shape index (κ1) is 18.4. The topological polar surface area (TPSA) is 70.4 Å². The molecule has 0 amide bonds. The fourth-order valence-electron chi connectivity index (χ4n) is 2.53. The number of hydrogen-bond acceptors (Lipinski definition) is 6. The van der Waals surface area contributed by atoms with E-state index in [1.807, 2.05) is 12.1 Å². The third-order valence-electron chi connectivity index (χ3n) is 3.80. The summed E-state index contributed by atoms with van der Waals surface area (Å²) in [7, 11) is 0. The summed E-state index contributed by atoms with van der Waals surface area (Å²) in [5, 5.41) is 0.958. The number of nitrogens with zero attached hydrogens (tertiary/aromatic N) is 2. The Morgan fingerprint density at radius 3 is 2.85 bits per heavy atom. The van der Waals surface area contributed by atoms with Crippen molar-refractivity contribution in [3.05, 3.63) is 56.4 Å².